The van der Waals surface area contributed by atoms with Crippen LogP contribution in [0.25, 0.3) is 0 Å². The minimum atomic E-state index is -2.83. The Morgan fingerprint density at radius 2 is 1.58 bits per heavy atom. The Hall–Kier alpha value is -1.70. The molecule has 3 heterocycles. The fourth-order valence-electron chi connectivity index (χ4n) is 5.05. The SMILES string of the molecule is CC(=O)N[C@H]1C([C@H](O)[C@H](O)CO)O[C@@](OCC2O[C@@H](O[C@@H]3C(CO)OC(O)C(O)[C@H]3O)C(O)[C@@H](O)[C@H]2O)(C(=O)O)C[C@H]1O. The van der Waals surface area contributed by atoms with Crippen molar-refractivity contribution in [3.63, 3.8) is 0 Å². The summed E-state index contributed by atoms with van der Waals surface area (Å²) in [6.07, 6.45) is -27.0. The molecule has 0 aliphatic carbocycles. The molecule has 0 bridgehead atoms. The van der Waals surface area contributed by atoms with Gasteiger partial charge in [-0.15, -0.1) is 0 Å². The van der Waals surface area contributed by atoms with Crippen molar-refractivity contribution in [2.24, 2.45) is 0 Å². The zero-order valence-electron chi connectivity index (χ0n) is 22.7. The van der Waals surface area contributed by atoms with Crippen molar-refractivity contribution in [3.8, 4) is 0 Å². The van der Waals surface area contributed by atoms with E-state index in [0.29, 0.717) is 0 Å². The summed E-state index contributed by atoms with van der Waals surface area (Å²) >= 11 is 0. The highest BCUT2D eigenvalue weighted by Gasteiger charge is 2.57. The molecular formula is C23H39NO19. The number of hydrogen-bond acceptors (Lipinski definition) is 18. The lowest BCUT2D eigenvalue weighted by atomic mass is 9.88. The second-order valence-electron chi connectivity index (χ2n) is 10.5. The van der Waals surface area contributed by atoms with Crippen LogP contribution in [0.1, 0.15) is 13.3 Å². The molecule has 0 radical (unpaired) electrons. The first kappa shape index (κ1) is 35.8. The van der Waals surface area contributed by atoms with Crippen LogP contribution in [-0.4, -0.2) is 191 Å². The van der Waals surface area contributed by atoms with Crippen molar-refractivity contribution >= 4 is 11.9 Å². The summed E-state index contributed by atoms with van der Waals surface area (Å²) in [6.45, 7) is -1.76. The van der Waals surface area contributed by atoms with Gasteiger partial charge in [0.2, 0.25) is 5.91 Å². The van der Waals surface area contributed by atoms with Crippen LogP contribution in [0.2, 0.25) is 0 Å². The normalized spacial score (nSPS) is 45.3. The van der Waals surface area contributed by atoms with E-state index in [2.05, 4.69) is 5.32 Å². The van der Waals surface area contributed by atoms with Crippen LogP contribution < -0.4 is 5.32 Å². The third kappa shape index (κ3) is 7.58. The van der Waals surface area contributed by atoms with Crippen LogP contribution in [0, 0.1) is 0 Å². The molecular weight excluding hydrogens is 594 g/mol. The van der Waals surface area contributed by atoms with E-state index < -0.39 is 136 Å². The highest BCUT2D eigenvalue weighted by atomic mass is 16.8. The molecule has 1 amide bonds. The molecule has 3 saturated heterocycles. The topological polar surface area (TPSA) is 335 Å². The number of rotatable bonds is 11. The summed E-state index contributed by atoms with van der Waals surface area (Å²) in [5.74, 6) is -5.42. The van der Waals surface area contributed by atoms with E-state index in [1.165, 1.54) is 0 Å². The fourth-order valence-corrected chi connectivity index (χ4v) is 5.05. The molecule has 0 aromatic rings. The van der Waals surface area contributed by atoms with Crippen LogP contribution in [-0.2, 0) is 33.3 Å². The molecule has 20 heteroatoms. The maximum Gasteiger partial charge on any atom is 0.364 e. The average Bonchev–Trinajstić information content (AvgIpc) is 2.96. The summed E-state index contributed by atoms with van der Waals surface area (Å²) < 4.78 is 26.7. The predicted molar refractivity (Wildman–Crippen MR) is 130 cm³/mol. The van der Waals surface area contributed by atoms with Gasteiger partial charge in [-0.1, -0.05) is 0 Å². The summed E-state index contributed by atoms with van der Waals surface area (Å²) in [7, 11) is 0. The van der Waals surface area contributed by atoms with E-state index in [1.54, 1.807) is 0 Å². The number of aliphatic hydroxyl groups excluding tert-OH is 11. The molecule has 3 rings (SSSR count). The van der Waals surface area contributed by atoms with Gasteiger partial charge < -0.3 is 90.3 Å². The number of aliphatic carboxylic acids is 1. The van der Waals surface area contributed by atoms with Crippen molar-refractivity contribution in [2.45, 2.75) is 111 Å². The third-order valence-corrected chi connectivity index (χ3v) is 7.47. The van der Waals surface area contributed by atoms with Gasteiger partial charge in [-0.05, 0) is 0 Å². The van der Waals surface area contributed by atoms with E-state index >= 15 is 0 Å². The van der Waals surface area contributed by atoms with Gasteiger partial charge in [0.25, 0.3) is 5.79 Å². The number of carbonyl (C=O) groups is 2. The molecule has 0 aromatic heterocycles. The molecule has 3 aliphatic rings. The van der Waals surface area contributed by atoms with Gasteiger partial charge in [0.15, 0.2) is 12.6 Å². The second kappa shape index (κ2) is 14.6. The third-order valence-electron chi connectivity index (χ3n) is 7.47. The van der Waals surface area contributed by atoms with Crippen LogP contribution in [0.3, 0.4) is 0 Å². The first-order valence-corrected chi connectivity index (χ1v) is 13.2. The maximum atomic E-state index is 12.3. The minimum Gasteiger partial charge on any atom is -0.477 e. The number of carbonyl (C=O) groups excluding carboxylic acids is 1. The van der Waals surface area contributed by atoms with Gasteiger partial charge >= 0.3 is 5.97 Å². The Kier molecular flexibility index (Phi) is 12.1. The number of hydrogen-bond donors (Lipinski definition) is 13. The number of carboxylic acid groups (broad SMARTS) is 1. The Morgan fingerprint density at radius 3 is 2.14 bits per heavy atom. The lowest BCUT2D eigenvalue weighted by Gasteiger charge is -2.48. The Labute approximate surface area is 243 Å². The summed E-state index contributed by atoms with van der Waals surface area (Å²) in [5.41, 5.74) is 0. The highest BCUT2D eigenvalue weighted by molar-refractivity contribution is 5.76. The lowest BCUT2D eigenvalue weighted by molar-refractivity contribution is -0.364. The van der Waals surface area contributed by atoms with Gasteiger partial charge in [-0.3, -0.25) is 4.79 Å². The fraction of sp³-hybridized carbons (Fsp3) is 0.913. The molecule has 16 atom stereocenters. The van der Waals surface area contributed by atoms with Gasteiger partial charge in [-0.2, -0.15) is 0 Å². The van der Waals surface area contributed by atoms with Gasteiger partial charge in [0.1, 0.15) is 67.1 Å². The monoisotopic (exact) mass is 633 g/mol. The summed E-state index contributed by atoms with van der Waals surface area (Å²) in [4.78, 5) is 24.0. The molecule has 6 unspecified atom stereocenters. The van der Waals surface area contributed by atoms with E-state index in [9.17, 15) is 70.9 Å². The lowest BCUT2D eigenvalue weighted by Crippen LogP contribution is -2.68. The van der Waals surface area contributed by atoms with Gasteiger partial charge in [0, 0.05) is 13.3 Å². The molecule has 20 nitrogen and oxygen atoms in total. The quantitative estimate of drug-likeness (QED) is 0.100. The number of amides is 1. The zero-order valence-corrected chi connectivity index (χ0v) is 22.7. The zero-order chi connectivity index (χ0) is 32.4. The van der Waals surface area contributed by atoms with Gasteiger partial charge in [-0.25, -0.2) is 4.79 Å². The van der Waals surface area contributed by atoms with Crippen LogP contribution >= 0.6 is 0 Å². The van der Waals surface area contributed by atoms with Crippen molar-refractivity contribution < 1.29 is 94.6 Å². The maximum absolute atomic E-state index is 12.3. The standard InChI is InChI=1S/C23H39NO19/c1-6(27)24-11-7(28)2-23(22(37)38,43-19(11)12(30)8(29)3-25)39-5-10-13(31)14(32)17(35)21(41-10)42-18-9(4-26)40-20(36)16(34)15(18)33/h7-21,25-26,28-36H,2-5H2,1H3,(H,24,27)(H,37,38)/t7-,8-,9?,10?,11-,12-,13+,14+,15-,16?,17?,18-,19?,20?,21+,23-/m1/s1. The molecule has 0 aromatic carbocycles. The summed E-state index contributed by atoms with van der Waals surface area (Å²) in [5, 5.41) is 123. The first-order valence-electron chi connectivity index (χ1n) is 13.2. The van der Waals surface area contributed by atoms with E-state index in [1.807, 2.05) is 0 Å². The Balaban J connectivity index is 1.82. The molecule has 13 N–H and O–H groups in total. The molecule has 0 saturated carbocycles. The van der Waals surface area contributed by atoms with Crippen molar-refractivity contribution in [1.29, 1.82) is 0 Å². The molecule has 0 spiro atoms. The van der Waals surface area contributed by atoms with Crippen LogP contribution in [0.15, 0.2) is 0 Å². The molecule has 250 valence electrons. The van der Waals surface area contributed by atoms with E-state index in [4.69, 9.17) is 23.7 Å². The average molecular weight is 634 g/mol. The molecule has 3 aliphatic heterocycles. The van der Waals surface area contributed by atoms with Gasteiger partial charge in [0.05, 0.1) is 32.0 Å². The number of ether oxygens (including phenoxy) is 5. The van der Waals surface area contributed by atoms with E-state index in [0.717, 1.165) is 6.92 Å². The van der Waals surface area contributed by atoms with Crippen LogP contribution in [0.4, 0.5) is 0 Å². The number of nitrogens with one attached hydrogen (secondary N) is 1. The smallest absolute Gasteiger partial charge is 0.364 e. The van der Waals surface area contributed by atoms with Crippen LogP contribution in [0.5, 0.6) is 0 Å². The largest absolute Gasteiger partial charge is 0.477 e. The first-order chi connectivity index (χ1) is 20.1. The molecule has 3 fully saturated rings. The molecule has 43 heavy (non-hydrogen) atoms. The predicted octanol–water partition coefficient (Wildman–Crippen LogP) is -8.22. The van der Waals surface area contributed by atoms with Crippen molar-refractivity contribution in [3.05, 3.63) is 0 Å². The Bertz CT molecular complexity index is 942. The van der Waals surface area contributed by atoms with Crippen molar-refractivity contribution in [2.75, 3.05) is 19.8 Å². The van der Waals surface area contributed by atoms with Crippen molar-refractivity contribution in [1.82, 2.24) is 5.32 Å². The Morgan fingerprint density at radius 1 is 0.930 bits per heavy atom. The summed E-state index contributed by atoms with van der Waals surface area (Å²) in [6, 6.07) is -1.48. The number of aliphatic hydroxyl groups is 11. The second-order valence-corrected chi connectivity index (χ2v) is 10.5. The number of carboxylic acids is 1. The highest BCUT2D eigenvalue weighted by Crippen LogP contribution is 2.35. The van der Waals surface area contributed by atoms with E-state index in [-0.39, 0.29) is 0 Å². The minimum absolute atomic E-state index is 0.719.